The van der Waals surface area contributed by atoms with Crippen LogP contribution in [0.5, 0.6) is 11.5 Å². The summed E-state index contributed by atoms with van der Waals surface area (Å²) in [5.41, 5.74) is 1.37. The molecule has 2 N–H and O–H groups in total. The van der Waals surface area contributed by atoms with Gasteiger partial charge in [-0.25, -0.2) is 0 Å². The summed E-state index contributed by atoms with van der Waals surface area (Å²) in [5, 5.41) is 22.9. The number of fused-ring (bicyclic) bond motifs is 1. The van der Waals surface area contributed by atoms with Gasteiger partial charge < -0.3 is 14.9 Å². The molecule has 3 nitrogen and oxygen atoms in total. The van der Waals surface area contributed by atoms with Crippen molar-refractivity contribution in [1.82, 2.24) is 0 Å². The number of aromatic hydroxyl groups is 1. The van der Waals surface area contributed by atoms with Crippen molar-refractivity contribution >= 4 is 0 Å². The van der Waals surface area contributed by atoms with Crippen LogP contribution in [0.2, 0.25) is 0 Å². The molecular formula is C33H40F2O3. The van der Waals surface area contributed by atoms with Crippen LogP contribution in [0.3, 0.4) is 0 Å². The zero-order valence-corrected chi connectivity index (χ0v) is 23.9. The van der Waals surface area contributed by atoms with Gasteiger partial charge in [-0.2, -0.15) is 8.78 Å². The Morgan fingerprint density at radius 3 is 1.74 bits per heavy atom. The van der Waals surface area contributed by atoms with Crippen molar-refractivity contribution in [3.63, 3.8) is 0 Å². The van der Waals surface area contributed by atoms with Crippen LogP contribution in [0.25, 0.3) is 0 Å². The monoisotopic (exact) mass is 522 g/mol. The molecule has 204 valence electrons. The molecule has 3 aromatic rings. The minimum Gasteiger partial charge on any atom is -0.507 e. The number of phenolic OH excluding ortho intramolecular Hbond substituents is 1. The van der Waals surface area contributed by atoms with Crippen LogP contribution in [0.1, 0.15) is 102 Å². The molecule has 3 aromatic carbocycles. The predicted octanol–water partition coefficient (Wildman–Crippen LogP) is 8.29. The van der Waals surface area contributed by atoms with E-state index >= 15 is 8.78 Å². The smallest absolute Gasteiger partial charge is 0.327 e. The lowest BCUT2D eigenvalue weighted by Crippen LogP contribution is -2.56. The first-order valence-electron chi connectivity index (χ1n) is 13.2. The number of hydrogen-bond donors (Lipinski definition) is 2. The molecule has 0 aromatic heterocycles. The van der Waals surface area contributed by atoms with E-state index in [0.29, 0.717) is 22.3 Å². The normalized spacial score (nSPS) is 21.5. The number of ether oxygens (including phenoxy) is 1. The highest BCUT2D eigenvalue weighted by Gasteiger charge is 2.65. The molecule has 1 heterocycles. The number of phenols is 1. The third kappa shape index (κ3) is 4.59. The van der Waals surface area contributed by atoms with Crippen molar-refractivity contribution in [3.05, 3.63) is 94.0 Å². The summed E-state index contributed by atoms with van der Waals surface area (Å²) in [6.07, 6.45) is 0. The second-order valence-corrected chi connectivity index (χ2v) is 13.6. The van der Waals surface area contributed by atoms with Crippen LogP contribution in [0.15, 0.2) is 60.7 Å². The summed E-state index contributed by atoms with van der Waals surface area (Å²) in [5.74, 6) is -7.84. The molecule has 0 amide bonds. The Morgan fingerprint density at radius 1 is 0.737 bits per heavy atom. The van der Waals surface area contributed by atoms with Gasteiger partial charge in [0.15, 0.2) is 0 Å². The number of halogens is 2. The Hall–Kier alpha value is -2.92. The summed E-state index contributed by atoms with van der Waals surface area (Å²) >= 11 is 0. The average molecular weight is 523 g/mol. The van der Waals surface area contributed by atoms with E-state index in [0.717, 1.165) is 5.56 Å². The molecule has 0 radical (unpaired) electrons. The van der Waals surface area contributed by atoms with Gasteiger partial charge in [0.05, 0.1) is 5.92 Å². The minimum atomic E-state index is -3.75. The number of benzene rings is 3. The van der Waals surface area contributed by atoms with E-state index < -0.39 is 28.5 Å². The molecule has 38 heavy (non-hydrogen) atoms. The van der Waals surface area contributed by atoms with Crippen molar-refractivity contribution in [1.29, 1.82) is 0 Å². The van der Waals surface area contributed by atoms with E-state index in [2.05, 4.69) is 0 Å². The summed E-state index contributed by atoms with van der Waals surface area (Å²) < 4.78 is 39.6. The molecule has 1 aliphatic heterocycles. The van der Waals surface area contributed by atoms with Gasteiger partial charge in [-0.3, -0.25) is 0 Å². The summed E-state index contributed by atoms with van der Waals surface area (Å²) in [6.45, 7) is 17.8. The van der Waals surface area contributed by atoms with Crippen molar-refractivity contribution in [3.8, 4) is 11.5 Å². The molecule has 5 heteroatoms. The molecule has 0 fully saturated rings. The van der Waals surface area contributed by atoms with E-state index in [9.17, 15) is 10.2 Å². The first-order valence-corrected chi connectivity index (χ1v) is 13.2. The minimum absolute atomic E-state index is 0.0218. The molecule has 1 aliphatic rings. The Morgan fingerprint density at radius 2 is 1.26 bits per heavy atom. The third-order valence-corrected chi connectivity index (χ3v) is 7.51. The van der Waals surface area contributed by atoms with Gasteiger partial charge in [-0.1, -0.05) is 117 Å². The quantitative estimate of drug-likeness (QED) is 0.356. The molecular weight excluding hydrogens is 482 g/mol. The fraction of sp³-hybridized carbons (Fsp3) is 0.455. The SMILES string of the molecule is CC(C)(C)c1ccc2c(c1)C(c1cc(C(C)(C)C)c(O)c(C(C)(C)C)c1)C(F)(F)C(O)(c1ccccc1)O2. The highest BCUT2D eigenvalue weighted by atomic mass is 19.3. The Balaban J connectivity index is 2.11. The molecule has 0 spiro atoms. The van der Waals surface area contributed by atoms with E-state index in [-0.39, 0.29) is 22.5 Å². The van der Waals surface area contributed by atoms with Crippen molar-refractivity contribution < 1.29 is 23.7 Å². The van der Waals surface area contributed by atoms with Crippen LogP contribution >= 0.6 is 0 Å². The Bertz CT molecular complexity index is 1310. The highest BCUT2D eigenvalue weighted by molar-refractivity contribution is 5.56. The van der Waals surface area contributed by atoms with Gasteiger partial charge in [0.25, 0.3) is 0 Å². The van der Waals surface area contributed by atoms with Crippen LogP contribution in [-0.2, 0) is 22.0 Å². The second kappa shape index (κ2) is 8.81. The second-order valence-electron chi connectivity index (χ2n) is 13.6. The summed E-state index contributed by atoms with van der Waals surface area (Å²) in [6, 6.07) is 16.5. The van der Waals surface area contributed by atoms with E-state index in [1.807, 2.05) is 68.4 Å². The van der Waals surface area contributed by atoms with Crippen LogP contribution in [0.4, 0.5) is 8.78 Å². The van der Waals surface area contributed by atoms with Crippen molar-refractivity contribution in [2.75, 3.05) is 0 Å². The van der Waals surface area contributed by atoms with Gasteiger partial charge in [-0.05, 0) is 44.6 Å². The van der Waals surface area contributed by atoms with Crippen molar-refractivity contribution in [2.24, 2.45) is 0 Å². The topological polar surface area (TPSA) is 49.7 Å². The molecule has 0 saturated carbocycles. The summed E-state index contributed by atoms with van der Waals surface area (Å²) in [4.78, 5) is 0. The van der Waals surface area contributed by atoms with Gasteiger partial charge in [-0.15, -0.1) is 0 Å². The van der Waals surface area contributed by atoms with Gasteiger partial charge in [0.2, 0.25) is 0 Å². The van der Waals surface area contributed by atoms with Crippen LogP contribution < -0.4 is 4.74 Å². The Labute approximate surface area is 225 Å². The zero-order valence-electron chi connectivity index (χ0n) is 23.9. The van der Waals surface area contributed by atoms with E-state index in [4.69, 9.17) is 4.74 Å². The zero-order chi connectivity index (χ0) is 28.5. The Kier molecular flexibility index (Phi) is 6.51. The molecule has 2 atom stereocenters. The largest absolute Gasteiger partial charge is 0.507 e. The number of rotatable bonds is 2. The predicted molar refractivity (Wildman–Crippen MR) is 148 cm³/mol. The lowest BCUT2D eigenvalue weighted by Gasteiger charge is -2.46. The lowest BCUT2D eigenvalue weighted by atomic mass is 9.72. The van der Waals surface area contributed by atoms with Crippen molar-refractivity contribution in [2.45, 2.75) is 96.2 Å². The van der Waals surface area contributed by atoms with Gasteiger partial charge in [0, 0.05) is 11.1 Å². The fourth-order valence-electron chi connectivity index (χ4n) is 5.22. The van der Waals surface area contributed by atoms with E-state index in [1.165, 1.54) is 12.1 Å². The summed E-state index contributed by atoms with van der Waals surface area (Å²) in [7, 11) is 0. The third-order valence-electron chi connectivity index (χ3n) is 7.51. The molecule has 4 rings (SSSR count). The first-order chi connectivity index (χ1) is 17.3. The molecule has 0 aliphatic carbocycles. The number of hydrogen-bond acceptors (Lipinski definition) is 3. The average Bonchev–Trinajstić information content (AvgIpc) is 2.78. The highest BCUT2D eigenvalue weighted by Crippen LogP contribution is 2.58. The lowest BCUT2D eigenvalue weighted by molar-refractivity contribution is -0.303. The molecule has 0 saturated heterocycles. The maximum atomic E-state index is 16.9. The fourth-order valence-corrected chi connectivity index (χ4v) is 5.22. The number of alkyl halides is 2. The van der Waals surface area contributed by atoms with Crippen LogP contribution in [-0.4, -0.2) is 16.1 Å². The van der Waals surface area contributed by atoms with E-state index in [1.54, 1.807) is 42.5 Å². The first kappa shape index (κ1) is 28.1. The maximum Gasteiger partial charge on any atom is 0.327 e. The van der Waals surface area contributed by atoms with Gasteiger partial charge >= 0.3 is 11.7 Å². The standard InChI is InChI=1S/C33H40F2O3/c1-29(2,3)22-15-16-26-23(19-22)27(32(34,35)33(37,38-26)21-13-11-10-12-14-21)20-17-24(30(4,5)6)28(36)25(18-20)31(7,8)9/h10-19,27,36-37H,1-9H3. The number of aliphatic hydroxyl groups is 1. The van der Waals surface area contributed by atoms with Gasteiger partial charge in [0.1, 0.15) is 11.5 Å². The molecule has 0 bridgehead atoms. The molecule has 2 unspecified atom stereocenters. The maximum absolute atomic E-state index is 16.9. The van der Waals surface area contributed by atoms with Crippen LogP contribution in [0, 0.1) is 0 Å².